The Morgan fingerprint density at radius 3 is 2.64 bits per heavy atom. The van der Waals surface area contributed by atoms with Gasteiger partial charge in [0.1, 0.15) is 0 Å². The van der Waals surface area contributed by atoms with Crippen LogP contribution in [-0.2, 0) is 14.5 Å². The Morgan fingerprint density at radius 1 is 1.50 bits per heavy atom. The number of carbonyl (C=O) groups is 1. The van der Waals surface area contributed by atoms with E-state index in [1.54, 1.807) is 24.3 Å². The van der Waals surface area contributed by atoms with Crippen LogP contribution in [0.15, 0.2) is 29.2 Å². The molecular formula is C9H12N2O2S. The molecule has 1 atom stereocenters. The Labute approximate surface area is 83.3 Å². The van der Waals surface area contributed by atoms with Gasteiger partial charge in [-0.05, 0) is 18.2 Å². The van der Waals surface area contributed by atoms with E-state index in [0.29, 0.717) is 10.6 Å². The summed E-state index contributed by atoms with van der Waals surface area (Å²) in [7, 11) is -2.71. The van der Waals surface area contributed by atoms with E-state index in [4.69, 9.17) is 4.78 Å². The Balaban J connectivity index is 3.08. The fraction of sp³-hybridized carbons (Fsp3) is 0.222. The molecule has 1 amide bonds. The molecule has 0 saturated carbocycles. The van der Waals surface area contributed by atoms with Crippen molar-refractivity contribution in [2.24, 2.45) is 0 Å². The average molecular weight is 212 g/mol. The van der Waals surface area contributed by atoms with Gasteiger partial charge < -0.3 is 5.32 Å². The maximum absolute atomic E-state index is 11.4. The van der Waals surface area contributed by atoms with Crippen molar-refractivity contribution in [1.29, 1.82) is 4.78 Å². The van der Waals surface area contributed by atoms with Crippen molar-refractivity contribution in [3.05, 3.63) is 24.3 Å². The van der Waals surface area contributed by atoms with Gasteiger partial charge in [-0.2, -0.15) is 0 Å². The highest BCUT2D eigenvalue weighted by molar-refractivity contribution is 7.91. The van der Waals surface area contributed by atoms with E-state index in [0.717, 1.165) is 0 Å². The van der Waals surface area contributed by atoms with Crippen molar-refractivity contribution in [2.75, 3.05) is 11.6 Å². The summed E-state index contributed by atoms with van der Waals surface area (Å²) in [5.41, 5.74) is 0.567. The van der Waals surface area contributed by atoms with Crippen molar-refractivity contribution >= 4 is 21.3 Å². The van der Waals surface area contributed by atoms with E-state index in [-0.39, 0.29) is 5.91 Å². The molecule has 0 aliphatic heterocycles. The summed E-state index contributed by atoms with van der Waals surface area (Å²) in [4.78, 5) is 11.2. The van der Waals surface area contributed by atoms with Crippen LogP contribution in [0.25, 0.3) is 0 Å². The summed E-state index contributed by atoms with van der Waals surface area (Å²) in [5.74, 6) is -0.185. The molecule has 5 heteroatoms. The molecule has 0 spiro atoms. The van der Waals surface area contributed by atoms with Gasteiger partial charge in [0.2, 0.25) is 5.91 Å². The van der Waals surface area contributed by atoms with Crippen molar-refractivity contribution < 1.29 is 9.00 Å². The van der Waals surface area contributed by atoms with Gasteiger partial charge in [-0.3, -0.25) is 4.79 Å². The van der Waals surface area contributed by atoms with Crippen LogP contribution in [0.5, 0.6) is 0 Å². The van der Waals surface area contributed by atoms with Crippen molar-refractivity contribution in [3.8, 4) is 0 Å². The summed E-state index contributed by atoms with van der Waals surface area (Å²) in [6.07, 6.45) is 1.35. The van der Waals surface area contributed by atoms with Crippen molar-refractivity contribution in [3.63, 3.8) is 0 Å². The van der Waals surface area contributed by atoms with Crippen molar-refractivity contribution in [1.82, 2.24) is 0 Å². The summed E-state index contributed by atoms with van der Waals surface area (Å²) in [6.45, 7) is 1.40. The molecule has 76 valence electrons. The predicted octanol–water partition coefficient (Wildman–Crippen LogP) is 1.68. The van der Waals surface area contributed by atoms with Crippen molar-refractivity contribution in [2.45, 2.75) is 11.8 Å². The van der Waals surface area contributed by atoms with Crippen LogP contribution in [0.1, 0.15) is 6.92 Å². The van der Waals surface area contributed by atoms with Crippen LogP contribution in [-0.4, -0.2) is 16.4 Å². The van der Waals surface area contributed by atoms with E-state index in [9.17, 15) is 9.00 Å². The fourth-order valence-electron chi connectivity index (χ4n) is 1.02. The Hall–Kier alpha value is -1.36. The third kappa shape index (κ3) is 2.85. The minimum Gasteiger partial charge on any atom is -0.326 e. The fourth-order valence-corrected chi connectivity index (χ4v) is 1.71. The van der Waals surface area contributed by atoms with Crippen LogP contribution in [0, 0.1) is 4.78 Å². The highest BCUT2D eigenvalue weighted by Gasteiger charge is 2.04. The minimum absolute atomic E-state index is 0.185. The third-order valence-electron chi connectivity index (χ3n) is 1.60. The molecule has 2 N–H and O–H groups in total. The summed E-state index contributed by atoms with van der Waals surface area (Å²) in [6, 6.07) is 6.52. The number of rotatable bonds is 2. The molecule has 0 fully saturated rings. The van der Waals surface area contributed by atoms with Gasteiger partial charge in [-0.25, -0.2) is 8.99 Å². The van der Waals surface area contributed by atoms with Crippen LogP contribution in [0.2, 0.25) is 0 Å². The first-order chi connectivity index (χ1) is 6.39. The van der Waals surface area contributed by atoms with Gasteiger partial charge in [-0.1, -0.05) is 6.07 Å². The predicted molar refractivity (Wildman–Crippen MR) is 55.8 cm³/mol. The molecule has 0 radical (unpaired) electrons. The van der Waals surface area contributed by atoms with Gasteiger partial charge in [0, 0.05) is 23.8 Å². The number of carbonyl (C=O) groups excluding carboxylic acids is 1. The molecule has 0 aromatic heterocycles. The SMILES string of the molecule is CC(=O)Nc1cccc([S@](C)(=N)=O)c1. The van der Waals surface area contributed by atoms with Gasteiger partial charge in [-0.15, -0.1) is 0 Å². The molecule has 0 saturated heterocycles. The van der Waals surface area contributed by atoms with E-state index in [1.165, 1.54) is 13.2 Å². The highest BCUT2D eigenvalue weighted by atomic mass is 32.2. The molecular weight excluding hydrogens is 200 g/mol. The molecule has 1 aromatic carbocycles. The first-order valence-electron chi connectivity index (χ1n) is 4.01. The lowest BCUT2D eigenvalue weighted by atomic mass is 10.3. The molecule has 0 aliphatic carbocycles. The van der Waals surface area contributed by atoms with E-state index in [1.807, 2.05) is 0 Å². The zero-order valence-electron chi connectivity index (χ0n) is 8.03. The van der Waals surface area contributed by atoms with Gasteiger partial charge in [0.25, 0.3) is 0 Å². The smallest absolute Gasteiger partial charge is 0.221 e. The molecule has 0 bridgehead atoms. The maximum atomic E-state index is 11.4. The second kappa shape index (κ2) is 3.79. The first-order valence-corrected chi connectivity index (χ1v) is 5.97. The van der Waals surface area contributed by atoms with E-state index >= 15 is 0 Å². The number of nitrogens with one attached hydrogen (secondary N) is 2. The number of benzene rings is 1. The normalized spacial score (nSPS) is 14.4. The van der Waals surface area contributed by atoms with Crippen LogP contribution in [0.4, 0.5) is 5.69 Å². The minimum atomic E-state index is -2.71. The Bertz CT molecular complexity index is 452. The monoisotopic (exact) mass is 212 g/mol. The number of anilines is 1. The highest BCUT2D eigenvalue weighted by Crippen LogP contribution is 2.15. The average Bonchev–Trinajstić information content (AvgIpc) is 2.01. The molecule has 14 heavy (non-hydrogen) atoms. The summed E-state index contributed by atoms with van der Waals surface area (Å²) >= 11 is 0. The second-order valence-corrected chi connectivity index (χ2v) is 5.21. The Kier molecular flexibility index (Phi) is 2.90. The van der Waals surface area contributed by atoms with Crippen LogP contribution in [0.3, 0.4) is 0 Å². The zero-order valence-corrected chi connectivity index (χ0v) is 8.85. The number of hydrogen-bond donors (Lipinski definition) is 2. The molecule has 0 heterocycles. The lowest BCUT2D eigenvalue weighted by molar-refractivity contribution is -0.114. The molecule has 1 aromatic rings. The quantitative estimate of drug-likeness (QED) is 0.783. The van der Waals surface area contributed by atoms with Crippen LogP contribution >= 0.6 is 0 Å². The standard InChI is InChI=1S/C9H12N2O2S/c1-7(12)11-8-4-3-5-9(6-8)14(2,10)13/h3-6,10H,1-2H3,(H,11,12)/t14-/m1/s1. The topological polar surface area (TPSA) is 70.0 Å². The lowest BCUT2D eigenvalue weighted by Crippen LogP contribution is -2.06. The summed E-state index contributed by atoms with van der Waals surface area (Å²) < 4.78 is 18.7. The molecule has 0 unspecified atom stereocenters. The molecule has 4 nitrogen and oxygen atoms in total. The number of hydrogen-bond acceptors (Lipinski definition) is 3. The van der Waals surface area contributed by atoms with Gasteiger partial charge in [0.05, 0.1) is 9.73 Å². The molecule has 1 rings (SSSR count). The van der Waals surface area contributed by atoms with Gasteiger partial charge in [0.15, 0.2) is 0 Å². The lowest BCUT2D eigenvalue weighted by Gasteiger charge is -2.05. The number of amides is 1. The first kappa shape index (κ1) is 10.7. The third-order valence-corrected chi connectivity index (χ3v) is 2.76. The summed E-state index contributed by atoms with van der Waals surface area (Å²) in [5, 5.41) is 2.57. The largest absolute Gasteiger partial charge is 0.326 e. The zero-order chi connectivity index (χ0) is 10.8. The van der Waals surface area contributed by atoms with E-state index < -0.39 is 9.73 Å². The van der Waals surface area contributed by atoms with Gasteiger partial charge >= 0.3 is 0 Å². The molecule has 0 aliphatic rings. The maximum Gasteiger partial charge on any atom is 0.221 e. The van der Waals surface area contributed by atoms with E-state index in [2.05, 4.69) is 5.32 Å². The van der Waals surface area contributed by atoms with Crippen LogP contribution < -0.4 is 5.32 Å². The Morgan fingerprint density at radius 2 is 2.14 bits per heavy atom. The second-order valence-electron chi connectivity index (χ2n) is 3.05.